The molecule has 3 atom stereocenters. The van der Waals surface area contributed by atoms with E-state index in [0.29, 0.717) is 0 Å². The van der Waals surface area contributed by atoms with Gasteiger partial charge in [-0.3, -0.25) is 0 Å². The molecule has 0 radical (unpaired) electrons. The van der Waals surface area contributed by atoms with Crippen LogP contribution in [0.1, 0.15) is 30.7 Å². The minimum absolute atomic E-state index is 0.263. The molecule has 1 saturated carbocycles. The van der Waals surface area contributed by atoms with Crippen LogP contribution in [0.2, 0.25) is 0 Å². The van der Waals surface area contributed by atoms with Crippen molar-refractivity contribution in [2.45, 2.75) is 25.2 Å². The maximum Gasteiger partial charge on any atom is 0.0537 e. The van der Waals surface area contributed by atoms with Crippen LogP contribution in [0, 0.1) is 11.3 Å². The van der Waals surface area contributed by atoms with E-state index in [2.05, 4.69) is 30.3 Å². The van der Waals surface area contributed by atoms with Crippen LogP contribution in [0.3, 0.4) is 0 Å². The summed E-state index contributed by atoms with van der Waals surface area (Å²) in [6.07, 6.45) is 3.72. The Kier molecular flexibility index (Phi) is 2.93. The van der Waals surface area contributed by atoms with Gasteiger partial charge in [-0.05, 0) is 36.7 Å². The van der Waals surface area contributed by atoms with Gasteiger partial charge in [0.05, 0.1) is 6.61 Å². The Labute approximate surface area is 103 Å². The van der Waals surface area contributed by atoms with Gasteiger partial charge in [-0.25, -0.2) is 0 Å². The predicted molar refractivity (Wildman–Crippen MR) is 68.8 cm³/mol. The maximum absolute atomic E-state index is 6.04. The van der Waals surface area contributed by atoms with Gasteiger partial charge < -0.3 is 10.5 Å². The predicted octanol–water partition coefficient (Wildman–Crippen LogP) is 2.55. The zero-order valence-corrected chi connectivity index (χ0v) is 10.3. The standard InChI is InChI=1S/C15H21NO/c16-10-15(7-4-8-17-11-15)14-9-13(14)12-5-2-1-3-6-12/h1-3,5-6,13-14H,4,7-11,16H2. The molecule has 1 aromatic rings. The van der Waals surface area contributed by atoms with Crippen molar-refractivity contribution in [3.8, 4) is 0 Å². The summed E-state index contributed by atoms with van der Waals surface area (Å²) in [5.74, 6) is 1.47. The van der Waals surface area contributed by atoms with E-state index >= 15 is 0 Å². The minimum Gasteiger partial charge on any atom is -0.381 e. The van der Waals surface area contributed by atoms with E-state index in [4.69, 9.17) is 10.5 Å². The molecule has 1 saturated heterocycles. The highest BCUT2D eigenvalue weighted by Crippen LogP contribution is 2.59. The van der Waals surface area contributed by atoms with Crippen molar-refractivity contribution in [3.63, 3.8) is 0 Å². The van der Waals surface area contributed by atoms with Crippen LogP contribution < -0.4 is 5.73 Å². The average molecular weight is 231 g/mol. The summed E-state index contributed by atoms with van der Waals surface area (Å²) < 4.78 is 5.68. The number of hydrogen-bond acceptors (Lipinski definition) is 2. The van der Waals surface area contributed by atoms with E-state index in [-0.39, 0.29) is 5.41 Å². The fourth-order valence-corrected chi connectivity index (χ4v) is 3.42. The number of ether oxygens (including phenoxy) is 1. The lowest BCUT2D eigenvalue weighted by atomic mass is 9.76. The largest absolute Gasteiger partial charge is 0.381 e. The van der Waals surface area contributed by atoms with Crippen molar-refractivity contribution in [2.75, 3.05) is 19.8 Å². The van der Waals surface area contributed by atoms with Gasteiger partial charge in [0.15, 0.2) is 0 Å². The normalized spacial score (nSPS) is 36.8. The van der Waals surface area contributed by atoms with Crippen molar-refractivity contribution in [2.24, 2.45) is 17.1 Å². The van der Waals surface area contributed by atoms with Crippen LogP contribution in [0.15, 0.2) is 30.3 Å². The van der Waals surface area contributed by atoms with Crippen LogP contribution in [-0.2, 0) is 4.74 Å². The summed E-state index contributed by atoms with van der Waals surface area (Å²) in [6, 6.07) is 10.9. The zero-order chi connectivity index (χ0) is 11.7. The fourth-order valence-electron chi connectivity index (χ4n) is 3.42. The van der Waals surface area contributed by atoms with Crippen molar-refractivity contribution < 1.29 is 4.74 Å². The molecule has 0 bridgehead atoms. The molecular formula is C15H21NO. The second-order valence-electron chi connectivity index (χ2n) is 5.58. The molecule has 0 amide bonds. The molecule has 3 unspecified atom stereocenters. The number of benzene rings is 1. The van der Waals surface area contributed by atoms with Gasteiger partial charge in [0, 0.05) is 18.6 Å². The Bertz CT molecular complexity index is 370. The van der Waals surface area contributed by atoms with Crippen molar-refractivity contribution in [1.82, 2.24) is 0 Å². The van der Waals surface area contributed by atoms with Crippen molar-refractivity contribution >= 4 is 0 Å². The monoisotopic (exact) mass is 231 g/mol. The van der Waals surface area contributed by atoms with E-state index < -0.39 is 0 Å². The zero-order valence-electron chi connectivity index (χ0n) is 10.3. The number of hydrogen-bond donors (Lipinski definition) is 1. The van der Waals surface area contributed by atoms with Gasteiger partial charge in [-0.2, -0.15) is 0 Å². The molecule has 0 spiro atoms. The highest BCUT2D eigenvalue weighted by atomic mass is 16.5. The first-order chi connectivity index (χ1) is 8.36. The first-order valence-corrected chi connectivity index (χ1v) is 6.68. The summed E-state index contributed by atoms with van der Waals surface area (Å²) in [5.41, 5.74) is 7.78. The third-order valence-electron chi connectivity index (χ3n) is 4.56. The topological polar surface area (TPSA) is 35.2 Å². The highest BCUT2D eigenvalue weighted by molar-refractivity contribution is 5.27. The summed E-state index contributed by atoms with van der Waals surface area (Å²) in [7, 11) is 0. The van der Waals surface area contributed by atoms with E-state index in [1.807, 2.05) is 0 Å². The molecule has 2 N–H and O–H groups in total. The SMILES string of the molecule is NCC1(C2CC2c2ccccc2)CCCOC1. The molecule has 17 heavy (non-hydrogen) atoms. The van der Waals surface area contributed by atoms with Crippen LogP contribution in [0.5, 0.6) is 0 Å². The molecule has 3 rings (SSSR count). The number of rotatable bonds is 3. The fraction of sp³-hybridized carbons (Fsp3) is 0.600. The second kappa shape index (κ2) is 4.43. The van der Waals surface area contributed by atoms with Gasteiger partial charge in [0.2, 0.25) is 0 Å². The van der Waals surface area contributed by atoms with Crippen LogP contribution >= 0.6 is 0 Å². The van der Waals surface area contributed by atoms with Gasteiger partial charge >= 0.3 is 0 Å². The highest BCUT2D eigenvalue weighted by Gasteiger charge is 2.52. The Hall–Kier alpha value is -0.860. The summed E-state index contributed by atoms with van der Waals surface area (Å²) in [6.45, 7) is 2.57. The molecule has 0 aromatic heterocycles. The van der Waals surface area contributed by atoms with Crippen LogP contribution in [0.25, 0.3) is 0 Å². The summed E-state index contributed by atoms with van der Waals surface area (Å²) in [5, 5.41) is 0. The van der Waals surface area contributed by atoms with Gasteiger partial charge in [-0.15, -0.1) is 0 Å². The molecule has 1 aromatic carbocycles. The Balaban J connectivity index is 1.74. The van der Waals surface area contributed by atoms with E-state index in [1.165, 1.54) is 24.8 Å². The Morgan fingerprint density at radius 1 is 1.29 bits per heavy atom. The molecule has 2 aliphatic rings. The molecule has 92 valence electrons. The van der Waals surface area contributed by atoms with E-state index in [0.717, 1.165) is 31.6 Å². The summed E-state index contributed by atoms with van der Waals surface area (Å²) >= 11 is 0. The first kappa shape index (κ1) is 11.2. The third kappa shape index (κ3) is 2.00. The van der Waals surface area contributed by atoms with Gasteiger partial charge in [0.1, 0.15) is 0 Å². The molecular weight excluding hydrogens is 210 g/mol. The molecule has 1 aliphatic carbocycles. The molecule has 1 aliphatic heterocycles. The summed E-state index contributed by atoms with van der Waals surface area (Å²) in [4.78, 5) is 0. The van der Waals surface area contributed by atoms with Crippen LogP contribution in [-0.4, -0.2) is 19.8 Å². The lowest BCUT2D eigenvalue weighted by molar-refractivity contribution is -0.0165. The first-order valence-electron chi connectivity index (χ1n) is 6.68. The minimum atomic E-state index is 0.263. The van der Waals surface area contributed by atoms with Crippen molar-refractivity contribution in [1.29, 1.82) is 0 Å². The van der Waals surface area contributed by atoms with E-state index in [1.54, 1.807) is 0 Å². The van der Waals surface area contributed by atoms with Gasteiger partial charge in [0.25, 0.3) is 0 Å². The quantitative estimate of drug-likeness (QED) is 0.867. The lowest BCUT2D eigenvalue weighted by Gasteiger charge is -2.36. The third-order valence-corrected chi connectivity index (χ3v) is 4.56. The van der Waals surface area contributed by atoms with Crippen molar-refractivity contribution in [3.05, 3.63) is 35.9 Å². The maximum atomic E-state index is 6.04. The Morgan fingerprint density at radius 2 is 2.12 bits per heavy atom. The Morgan fingerprint density at radius 3 is 2.76 bits per heavy atom. The van der Waals surface area contributed by atoms with Gasteiger partial charge in [-0.1, -0.05) is 30.3 Å². The van der Waals surface area contributed by atoms with E-state index in [9.17, 15) is 0 Å². The average Bonchev–Trinajstić information content (AvgIpc) is 3.21. The molecule has 2 fully saturated rings. The molecule has 2 nitrogen and oxygen atoms in total. The second-order valence-corrected chi connectivity index (χ2v) is 5.58. The van der Waals surface area contributed by atoms with Crippen LogP contribution in [0.4, 0.5) is 0 Å². The molecule has 1 heterocycles. The molecule has 2 heteroatoms. The lowest BCUT2D eigenvalue weighted by Crippen LogP contribution is -2.41. The smallest absolute Gasteiger partial charge is 0.0537 e. The number of nitrogens with two attached hydrogens (primary N) is 1.